The van der Waals surface area contributed by atoms with Crippen molar-refractivity contribution in [2.24, 2.45) is 0 Å². The van der Waals surface area contributed by atoms with Crippen molar-refractivity contribution in [1.29, 1.82) is 0 Å². The molecule has 0 spiro atoms. The largest absolute Gasteiger partial charge is 0.497 e. The first-order chi connectivity index (χ1) is 8.39. The van der Waals surface area contributed by atoms with Crippen molar-refractivity contribution in [3.05, 3.63) is 18.2 Å². The zero-order chi connectivity index (χ0) is 13.3. The number of hydrogen-bond acceptors (Lipinski definition) is 3. The van der Waals surface area contributed by atoms with Crippen LogP contribution in [0, 0.1) is 0 Å². The molecule has 0 atom stereocenters. The number of anilines is 2. The first-order valence-electron chi connectivity index (χ1n) is 5.18. The Bertz CT molecular complexity index is 474. The lowest BCUT2D eigenvalue weighted by Gasteiger charge is -2.31. The third-order valence-corrected chi connectivity index (χ3v) is 2.52. The van der Waals surface area contributed by atoms with Gasteiger partial charge in [0.1, 0.15) is 12.3 Å². The zero-order valence-electron chi connectivity index (χ0n) is 9.54. The second-order valence-corrected chi connectivity index (χ2v) is 3.90. The van der Waals surface area contributed by atoms with E-state index >= 15 is 0 Å². The van der Waals surface area contributed by atoms with Crippen molar-refractivity contribution in [2.75, 3.05) is 30.4 Å². The van der Waals surface area contributed by atoms with Gasteiger partial charge < -0.3 is 15.0 Å². The number of fused-ring (bicyclic) bond motifs is 1. The lowest BCUT2D eigenvalue weighted by Crippen LogP contribution is -2.43. The molecule has 0 saturated heterocycles. The summed E-state index contributed by atoms with van der Waals surface area (Å²) in [6.07, 6.45) is -4.35. The van der Waals surface area contributed by atoms with E-state index in [1.165, 1.54) is 19.2 Å². The van der Waals surface area contributed by atoms with E-state index in [-0.39, 0.29) is 6.54 Å². The number of nitrogens with zero attached hydrogens (tertiary/aromatic N) is 1. The number of carbonyl (C=O) groups excluding carboxylic acids is 1. The minimum atomic E-state index is -4.35. The predicted molar refractivity (Wildman–Crippen MR) is 59.9 cm³/mol. The van der Waals surface area contributed by atoms with E-state index < -0.39 is 18.6 Å². The number of benzene rings is 1. The molecular formula is C11H11F3N2O2. The quantitative estimate of drug-likeness (QED) is 0.884. The maximum atomic E-state index is 12.4. The van der Waals surface area contributed by atoms with Crippen molar-refractivity contribution in [3.8, 4) is 5.75 Å². The first kappa shape index (κ1) is 12.5. The maximum Gasteiger partial charge on any atom is 0.405 e. The molecule has 18 heavy (non-hydrogen) atoms. The van der Waals surface area contributed by atoms with Crippen LogP contribution in [0.4, 0.5) is 24.5 Å². The fourth-order valence-corrected chi connectivity index (χ4v) is 1.82. The molecule has 0 radical (unpaired) electrons. The van der Waals surface area contributed by atoms with Gasteiger partial charge in [-0.2, -0.15) is 13.2 Å². The monoisotopic (exact) mass is 260 g/mol. The summed E-state index contributed by atoms with van der Waals surface area (Å²) in [4.78, 5) is 12.4. The average molecular weight is 260 g/mol. The highest BCUT2D eigenvalue weighted by atomic mass is 19.4. The molecule has 0 saturated carbocycles. The predicted octanol–water partition coefficient (Wildman–Crippen LogP) is 2.02. The number of hydrogen-bond donors (Lipinski definition) is 1. The van der Waals surface area contributed by atoms with Crippen molar-refractivity contribution >= 4 is 17.3 Å². The lowest BCUT2D eigenvalue weighted by molar-refractivity contribution is -0.122. The van der Waals surface area contributed by atoms with Crippen LogP contribution in [0.2, 0.25) is 0 Å². The third kappa shape index (κ3) is 2.66. The van der Waals surface area contributed by atoms with E-state index in [1.807, 2.05) is 0 Å². The Morgan fingerprint density at radius 2 is 2.17 bits per heavy atom. The van der Waals surface area contributed by atoms with Crippen LogP contribution >= 0.6 is 0 Å². The molecule has 0 aliphatic carbocycles. The number of rotatable bonds is 2. The van der Waals surface area contributed by atoms with Crippen LogP contribution in [-0.4, -0.2) is 32.3 Å². The van der Waals surface area contributed by atoms with Crippen molar-refractivity contribution in [1.82, 2.24) is 0 Å². The van der Waals surface area contributed by atoms with Crippen LogP contribution < -0.4 is 15.0 Å². The van der Waals surface area contributed by atoms with Crippen molar-refractivity contribution < 1.29 is 22.7 Å². The van der Waals surface area contributed by atoms with Crippen molar-refractivity contribution in [3.63, 3.8) is 0 Å². The standard InChI is InChI=1S/C11H11F3N2O2/c1-18-7-2-3-9-8(4-7)15-10(17)5-16(9)6-11(12,13)14/h2-4H,5-6H2,1H3,(H,15,17). The lowest BCUT2D eigenvalue weighted by atomic mass is 10.2. The highest BCUT2D eigenvalue weighted by Crippen LogP contribution is 2.34. The zero-order valence-corrected chi connectivity index (χ0v) is 9.54. The summed E-state index contributed by atoms with van der Waals surface area (Å²) in [6.45, 7) is -1.46. The van der Waals surface area contributed by atoms with Gasteiger partial charge in [0.2, 0.25) is 5.91 Å². The Kier molecular flexibility index (Phi) is 3.06. The van der Waals surface area contributed by atoms with Crippen LogP contribution in [-0.2, 0) is 4.79 Å². The minimum Gasteiger partial charge on any atom is -0.497 e. The molecule has 1 aliphatic heterocycles. The SMILES string of the molecule is COc1ccc2c(c1)NC(=O)CN2CC(F)(F)F. The minimum absolute atomic E-state index is 0.307. The van der Waals surface area contributed by atoms with Gasteiger partial charge in [-0.1, -0.05) is 0 Å². The number of alkyl halides is 3. The Morgan fingerprint density at radius 1 is 1.44 bits per heavy atom. The molecule has 1 N–H and O–H groups in total. The Labute approximate surface area is 101 Å². The van der Waals surface area contributed by atoms with Crippen LogP contribution in [0.15, 0.2) is 18.2 Å². The molecule has 0 bridgehead atoms. The molecule has 1 aliphatic rings. The molecule has 1 aromatic carbocycles. The van der Waals surface area contributed by atoms with Gasteiger partial charge in [0, 0.05) is 6.07 Å². The molecule has 2 rings (SSSR count). The molecule has 0 aromatic heterocycles. The van der Waals surface area contributed by atoms with Crippen LogP contribution in [0.5, 0.6) is 5.75 Å². The first-order valence-corrected chi connectivity index (χ1v) is 5.18. The van der Waals surface area contributed by atoms with Gasteiger partial charge in [0.15, 0.2) is 0 Å². The smallest absolute Gasteiger partial charge is 0.405 e. The second-order valence-electron chi connectivity index (χ2n) is 3.90. The molecule has 4 nitrogen and oxygen atoms in total. The molecular weight excluding hydrogens is 249 g/mol. The molecule has 1 heterocycles. The number of halogens is 3. The molecule has 1 amide bonds. The Hall–Kier alpha value is -1.92. The van der Waals surface area contributed by atoms with Crippen LogP contribution in [0.3, 0.4) is 0 Å². The van der Waals surface area contributed by atoms with Gasteiger partial charge in [-0.05, 0) is 12.1 Å². The summed E-state index contributed by atoms with van der Waals surface area (Å²) in [5, 5.41) is 2.52. The highest BCUT2D eigenvalue weighted by Gasteiger charge is 2.34. The number of carbonyl (C=O) groups is 1. The van der Waals surface area contributed by atoms with Crippen LogP contribution in [0.25, 0.3) is 0 Å². The molecule has 0 fully saturated rings. The highest BCUT2D eigenvalue weighted by molar-refractivity contribution is 6.01. The van der Waals surface area contributed by atoms with Gasteiger partial charge in [-0.15, -0.1) is 0 Å². The summed E-state index contributed by atoms with van der Waals surface area (Å²) in [5.74, 6) is 0.00270. The molecule has 1 aromatic rings. The summed E-state index contributed by atoms with van der Waals surface area (Å²) in [7, 11) is 1.44. The summed E-state index contributed by atoms with van der Waals surface area (Å²) >= 11 is 0. The van der Waals surface area contributed by atoms with Gasteiger partial charge in [-0.3, -0.25) is 4.79 Å². The average Bonchev–Trinajstić information content (AvgIpc) is 2.25. The van der Waals surface area contributed by atoms with Gasteiger partial charge in [-0.25, -0.2) is 0 Å². The molecule has 98 valence electrons. The molecule has 0 unspecified atom stereocenters. The van der Waals surface area contributed by atoms with E-state index in [2.05, 4.69) is 5.32 Å². The molecule has 7 heteroatoms. The summed E-state index contributed by atoms with van der Waals surface area (Å²) < 4.78 is 42.2. The van der Waals surface area contributed by atoms with E-state index in [0.29, 0.717) is 17.1 Å². The van der Waals surface area contributed by atoms with Gasteiger partial charge >= 0.3 is 6.18 Å². The van der Waals surface area contributed by atoms with Crippen LogP contribution in [0.1, 0.15) is 0 Å². The summed E-state index contributed by atoms with van der Waals surface area (Å²) in [5.41, 5.74) is 0.669. The van der Waals surface area contributed by atoms with E-state index in [4.69, 9.17) is 4.74 Å². The Morgan fingerprint density at radius 3 is 2.78 bits per heavy atom. The van der Waals surface area contributed by atoms with Gasteiger partial charge in [0.25, 0.3) is 0 Å². The maximum absolute atomic E-state index is 12.4. The second kappa shape index (κ2) is 4.40. The Balaban J connectivity index is 2.34. The van der Waals surface area contributed by atoms with E-state index in [0.717, 1.165) is 4.90 Å². The van der Waals surface area contributed by atoms with E-state index in [9.17, 15) is 18.0 Å². The van der Waals surface area contributed by atoms with Gasteiger partial charge in [0.05, 0.1) is 25.0 Å². The van der Waals surface area contributed by atoms with E-state index in [1.54, 1.807) is 6.07 Å². The number of methoxy groups -OCH3 is 1. The number of nitrogens with one attached hydrogen (secondary N) is 1. The normalized spacial score (nSPS) is 15.1. The topological polar surface area (TPSA) is 41.6 Å². The third-order valence-electron chi connectivity index (χ3n) is 2.52. The fourth-order valence-electron chi connectivity index (χ4n) is 1.82. The summed E-state index contributed by atoms with van der Waals surface area (Å²) in [6, 6.07) is 4.55. The number of ether oxygens (including phenoxy) is 1. The number of amides is 1. The van der Waals surface area contributed by atoms with Crippen molar-refractivity contribution in [2.45, 2.75) is 6.18 Å². The fraction of sp³-hybridized carbons (Fsp3) is 0.364.